The molecule has 638 valence electrons. The van der Waals surface area contributed by atoms with E-state index in [2.05, 4.69) is 78.9 Å². The quantitative estimate of drug-likeness (QED) is 0.0282. The fraction of sp³-hybridized carbons (Fsp3) is 0.684. The summed E-state index contributed by atoms with van der Waals surface area (Å²) in [5, 5.41) is 106. The Morgan fingerprint density at radius 1 is 0.667 bits per heavy atom. The lowest BCUT2D eigenvalue weighted by Gasteiger charge is -2.34. The number of rotatable bonds is 43. The number of carbonyl (C=O) groups is 12. The molecular weight excluding hydrogens is 1500 g/mol. The van der Waals surface area contributed by atoms with Crippen molar-refractivity contribution in [2.45, 2.75) is 273 Å². The molecule has 21 N–H and O–H groups in total. The first-order valence-corrected chi connectivity index (χ1v) is 41.6. The summed E-state index contributed by atoms with van der Waals surface area (Å²) < 4.78 is 0. The molecule has 35 heteroatoms. The van der Waals surface area contributed by atoms with Crippen LogP contribution >= 0.6 is 11.8 Å². The molecule has 12 amide bonds. The van der Waals surface area contributed by atoms with E-state index >= 15 is 9.59 Å². The van der Waals surface area contributed by atoms with Crippen LogP contribution in [0.2, 0.25) is 0 Å². The van der Waals surface area contributed by atoms with Gasteiger partial charge in [-0.05, 0) is 124 Å². The first-order valence-electron chi connectivity index (χ1n) is 40.2. The van der Waals surface area contributed by atoms with E-state index in [1.807, 2.05) is 20.1 Å². The Bertz CT molecular complexity index is 3440. The molecular formula is C79H127N15O19S. The van der Waals surface area contributed by atoms with Gasteiger partial charge in [0.2, 0.25) is 71.4 Å². The minimum absolute atomic E-state index is 0.0561. The highest BCUT2D eigenvalue weighted by molar-refractivity contribution is 7.98. The molecule has 114 heavy (non-hydrogen) atoms. The first kappa shape index (κ1) is 96.2. The zero-order valence-electron chi connectivity index (χ0n) is 67.0. The Labute approximate surface area is 672 Å². The van der Waals surface area contributed by atoms with Gasteiger partial charge in [0.05, 0.1) is 30.9 Å². The number of fused-ring (bicyclic) bond motifs is 2. The van der Waals surface area contributed by atoms with Crippen LogP contribution in [0.1, 0.15) is 187 Å². The number of benzene rings is 2. The van der Waals surface area contributed by atoms with Gasteiger partial charge in [-0.25, -0.2) is 0 Å². The predicted molar refractivity (Wildman–Crippen MR) is 428 cm³/mol. The van der Waals surface area contributed by atoms with Gasteiger partial charge in [0.15, 0.2) is 0 Å². The van der Waals surface area contributed by atoms with Crippen molar-refractivity contribution in [1.29, 1.82) is 0 Å². The number of nitrogens with one attached hydrogen (secondary N) is 10. The van der Waals surface area contributed by atoms with Crippen LogP contribution in [0.5, 0.6) is 5.75 Å². The summed E-state index contributed by atoms with van der Waals surface area (Å²) in [6.45, 7) is 10.1. The number of nitrogens with two attached hydrogens (primary N) is 2. The van der Waals surface area contributed by atoms with Crippen LogP contribution in [0.3, 0.4) is 0 Å². The number of aliphatic hydroxyl groups is 6. The Kier molecular flexibility index (Phi) is 42.3. The molecule has 3 heterocycles. The van der Waals surface area contributed by atoms with E-state index in [0.717, 1.165) is 72.9 Å². The van der Waals surface area contributed by atoms with Crippen molar-refractivity contribution in [2.75, 3.05) is 51.3 Å². The third kappa shape index (κ3) is 31.6. The monoisotopic (exact) mass is 1620 g/mol. The summed E-state index contributed by atoms with van der Waals surface area (Å²) in [7, 11) is 0. The number of hydrogen-bond acceptors (Lipinski definition) is 23. The molecule has 0 saturated carbocycles. The average molecular weight is 1620 g/mol. The summed E-state index contributed by atoms with van der Waals surface area (Å²) in [6, 6.07) is -1.89. The predicted octanol–water partition coefficient (Wildman–Crippen LogP) is -0.903. The highest BCUT2D eigenvalue weighted by atomic mass is 32.2. The molecule has 3 aliphatic heterocycles. The Hall–Kier alpha value is -8.42. The molecule has 0 bridgehead atoms. The van der Waals surface area contributed by atoms with Crippen molar-refractivity contribution in [3.63, 3.8) is 0 Å². The molecule has 0 aromatic heterocycles. The van der Waals surface area contributed by atoms with Crippen molar-refractivity contribution in [3.8, 4) is 5.75 Å². The fourth-order valence-corrected chi connectivity index (χ4v) is 14.7. The van der Waals surface area contributed by atoms with E-state index in [1.54, 1.807) is 30.3 Å². The largest absolute Gasteiger partial charge is 0.508 e. The molecule has 2 aromatic carbocycles. The molecule has 34 nitrogen and oxygen atoms in total. The van der Waals surface area contributed by atoms with Crippen molar-refractivity contribution in [2.24, 2.45) is 34.2 Å². The van der Waals surface area contributed by atoms with Gasteiger partial charge in [0.1, 0.15) is 84.3 Å². The smallest absolute Gasteiger partial charge is 0.248 e. The van der Waals surface area contributed by atoms with E-state index in [-0.39, 0.29) is 88.4 Å². The third-order valence-electron chi connectivity index (χ3n) is 20.9. The van der Waals surface area contributed by atoms with E-state index in [0.29, 0.717) is 49.7 Å². The lowest BCUT2D eigenvalue weighted by Crippen LogP contribution is -2.64. The number of amides is 12. The van der Waals surface area contributed by atoms with Gasteiger partial charge in [0.25, 0.3) is 0 Å². The molecule has 3 fully saturated rings. The van der Waals surface area contributed by atoms with Crippen molar-refractivity contribution < 1.29 is 93.3 Å². The zero-order chi connectivity index (χ0) is 84.1. The summed E-state index contributed by atoms with van der Waals surface area (Å²) in [5.41, 5.74) is 12.8. The summed E-state index contributed by atoms with van der Waals surface area (Å²) >= 11 is 1.48. The average Bonchev–Trinajstić information content (AvgIpc) is 1.60. The van der Waals surface area contributed by atoms with Crippen LogP contribution in [-0.2, 0) is 64.0 Å². The third-order valence-corrected chi connectivity index (χ3v) is 21.5. The highest BCUT2D eigenvalue weighted by Crippen LogP contribution is 2.27. The van der Waals surface area contributed by atoms with Gasteiger partial charge < -0.3 is 110 Å². The van der Waals surface area contributed by atoms with Crippen LogP contribution in [0.4, 0.5) is 0 Å². The van der Waals surface area contributed by atoms with E-state index in [1.165, 1.54) is 30.3 Å². The molecule has 0 radical (unpaired) electrons. The van der Waals surface area contributed by atoms with Crippen LogP contribution in [0, 0.1) is 17.8 Å². The van der Waals surface area contributed by atoms with Crippen LogP contribution < -0.4 is 64.6 Å². The lowest BCUT2D eigenvalue weighted by molar-refractivity contribution is -0.147. The van der Waals surface area contributed by atoms with Gasteiger partial charge >= 0.3 is 0 Å². The number of amidine groups is 1. The maximum atomic E-state index is 15.3. The summed E-state index contributed by atoms with van der Waals surface area (Å²) in [5.74, 6) is -9.03. The van der Waals surface area contributed by atoms with Crippen LogP contribution in [0.15, 0.2) is 59.6 Å². The van der Waals surface area contributed by atoms with E-state index < -0.39 is 200 Å². The van der Waals surface area contributed by atoms with E-state index in [9.17, 15) is 83.7 Å². The second-order valence-electron chi connectivity index (χ2n) is 30.8. The number of hydrogen-bond donors (Lipinski definition) is 19. The molecule has 3 saturated heterocycles. The number of thioether (sulfide) groups is 1. The second-order valence-corrected chi connectivity index (χ2v) is 31.8. The molecule has 0 spiro atoms. The first-order chi connectivity index (χ1) is 54.3. The molecule has 1 unspecified atom stereocenters. The van der Waals surface area contributed by atoms with Gasteiger partial charge in [-0.3, -0.25) is 62.5 Å². The maximum Gasteiger partial charge on any atom is 0.248 e. The number of carbonyl (C=O) groups excluding carboxylic acids is 12. The van der Waals surface area contributed by atoms with Crippen molar-refractivity contribution in [3.05, 3.63) is 65.7 Å². The van der Waals surface area contributed by atoms with Crippen molar-refractivity contribution >= 4 is 89.0 Å². The number of phenolic OH excluding ortho intramolecular Hbond substituents is 1. The van der Waals surface area contributed by atoms with Crippen molar-refractivity contribution in [1.82, 2.24) is 63.0 Å². The highest BCUT2D eigenvalue weighted by Gasteiger charge is 2.48. The van der Waals surface area contributed by atoms with E-state index in [4.69, 9.17) is 11.5 Å². The molecule has 0 aliphatic carbocycles. The number of nitrogens with zero attached hydrogens (tertiary/aromatic N) is 3. The number of phenols is 1. The van der Waals surface area contributed by atoms with Gasteiger partial charge in [-0.2, -0.15) is 11.8 Å². The Balaban J connectivity index is 1.39. The molecule has 3 aliphatic rings. The maximum absolute atomic E-state index is 15.3. The number of aromatic hydroxyl groups is 1. The Morgan fingerprint density at radius 3 is 1.96 bits per heavy atom. The lowest BCUT2D eigenvalue weighted by atomic mass is 9.91. The zero-order valence-corrected chi connectivity index (χ0v) is 67.8. The Morgan fingerprint density at radius 2 is 1.30 bits per heavy atom. The summed E-state index contributed by atoms with van der Waals surface area (Å²) in [6.07, 6.45) is -1.32. The minimum Gasteiger partial charge on any atom is -0.508 e. The number of aliphatic imine (C=N–C) groups is 1. The standard InChI is InChI=1S/C79H127N15O19S/c1-8-47(4)40-48(5)21-14-11-9-10-12-17-26-63(101)86-58-43-62(100)69(82-36-33-80)92-75(109)59-25-20-37-93(59)79(113)65(90-77(111)66(68(103)67(102)51-27-29-52(97)30-28-51)91-76(110)60-42-53(98)44-94(60)78(112)64(49(6)96)89-74(58)108)61(99)31-35-84-70(104)54(81)24-18-19-34-83-71(105)57(41-50-22-15-13-16-23-50)88-73(107)56(39-46(2)3)87-72(106)55(85-45-95)32-38-114-7/h13,15-16,22-23,27-30,45-49,53-62,64-68,96-100,102-103H,8-12,14,17-21,24-26,31-44,80-81H2,1-7H3,(H,83,105)(H,84,104)(H,85,95)(H,86,101)(H,87,106)(H,88,107)(H,89,108)(H,90,111)(H,91,110)(H,82,92,109)/t47-,48+,49+,53+,54-,55-,56-,57-,58?,59-,60-,61+,62+,64-,65-,66-,67-,68-/m0/s1. The fourth-order valence-electron chi connectivity index (χ4n) is 14.2. The molecule has 18 atom stereocenters. The summed E-state index contributed by atoms with van der Waals surface area (Å²) in [4.78, 5) is 176. The second kappa shape index (κ2) is 50.1. The normalized spacial score (nSPS) is 23.1. The van der Waals surface area contributed by atoms with Crippen LogP contribution in [0.25, 0.3) is 0 Å². The topological polar surface area (TPSA) is 538 Å². The van der Waals surface area contributed by atoms with Gasteiger partial charge in [-0.15, -0.1) is 0 Å². The van der Waals surface area contributed by atoms with Gasteiger partial charge in [0, 0.05) is 58.4 Å². The SMILES string of the molecule is CC[C@H](C)C[C@H](C)CCCCCCCCC(=O)NC1C[C@@H](O)C(=NCCN)NC(=O)[C@@H]2CCCN2C(=O)[C@H]([C@H](O)CCNC(=O)[C@@H](N)CCCCNC(=O)[C@H](Cc2ccccc2)NC(=O)[C@H](CC(C)C)NC(=O)[C@H](CCSC)NC=O)NC(=O)[C@H]([C@H](O)[C@@H](O)c2ccc(O)cc2)NC(=O)[C@@H]2C[C@@H](O)CN2C(=O)[C@H]([C@@H](C)O)NC1=O. The van der Waals surface area contributed by atoms with Gasteiger partial charge in [-0.1, -0.05) is 122 Å². The molecule has 5 rings (SSSR count). The minimum atomic E-state index is -2.37. The number of unbranched alkanes of at least 4 members (excludes halogenated alkanes) is 6. The van der Waals surface area contributed by atoms with Crippen LogP contribution in [-0.4, -0.2) is 265 Å². The number of aliphatic hydroxyl groups excluding tert-OH is 6. The molecule has 2 aromatic rings.